The molecule has 3 aromatic rings. The summed E-state index contributed by atoms with van der Waals surface area (Å²) in [5.74, 6) is -1.17. The predicted molar refractivity (Wildman–Crippen MR) is 118 cm³/mol. The lowest BCUT2D eigenvalue weighted by Gasteiger charge is -2.24. The molecule has 0 radical (unpaired) electrons. The number of ether oxygens (including phenoxy) is 1. The van der Waals surface area contributed by atoms with Crippen LogP contribution in [0.15, 0.2) is 42.5 Å². The fourth-order valence-electron chi connectivity index (χ4n) is 3.68. The third kappa shape index (κ3) is 3.80. The Morgan fingerprint density at radius 1 is 1.19 bits per heavy atom. The molecular weight excluding hydrogens is 412 g/mol. The maximum atomic E-state index is 13.2. The van der Waals surface area contributed by atoms with Crippen molar-refractivity contribution < 1.29 is 24.2 Å². The number of carboxylic acids is 1. The van der Waals surface area contributed by atoms with Gasteiger partial charge in [0.15, 0.2) is 0 Å². The quantitative estimate of drug-likeness (QED) is 0.566. The Morgan fingerprint density at radius 3 is 2.56 bits per heavy atom. The van der Waals surface area contributed by atoms with Crippen molar-refractivity contribution in [2.45, 2.75) is 26.3 Å². The zero-order valence-electron chi connectivity index (χ0n) is 17.8. The van der Waals surface area contributed by atoms with Crippen molar-refractivity contribution in [3.05, 3.63) is 59.2 Å². The Hall–Kier alpha value is -4.14. The van der Waals surface area contributed by atoms with Gasteiger partial charge < -0.3 is 20.5 Å². The number of hydrogen-bond donors (Lipinski definition) is 3. The number of nitrogens with one attached hydrogen (secondary N) is 2. The second-order valence-electron chi connectivity index (χ2n) is 7.61. The average Bonchev–Trinajstić information content (AvgIpc) is 3.10. The molecule has 32 heavy (non-hydrogen) atoms. The number of methoxy groups -OCH3 is 1. The van der Waals surface area contributed by atoms with E-state index in [1.807, 2.05) is 38.1 Å². The highest BCUT2D eigenvalue weighted by Crippen LogP contribution is 2.35. The molecule has 0 fully saturated rings. The summed E-state index contributed by atoms with van der Waals surface area (Å²) in [6.07, 6.45) is -0.103. The molecule has 1 atom stereocenters. The molecule has 4 rings (SSSR count). The van der Waals surface area contributed by atoms with Crippen LogP contribution < -0.4 is 15.4 Å². The summed E-state index contributed by atoms with van der Waals surface area (Å²) < 4.78 is 6.75. The van der Waals surface area contributed by atoms with E-state index in [4.69, 9.17) is 4.74 Å². The van der Waals surface area contributed by atoms with E-state index in [2.05, 4.69) is 15.7 Å². The zero-order valence-corrected chi connectivity index (χ0v) is 17.8. The van der Waals surface area contributed by atoms with Crippen LogP contribution >= 0.6 is 0 Å². The normalized spacial score (nSPS) is 15.0. The SMILES string of the molecule is COc1ccc(C(=O)O)cc1NC(=O)[C@H]1CC(=O)Nc2c(C)c(-c3ccc(C)cc3)nn21. The molecule has 0 aliphatic carbocycles. The fourth-order valence-corrected chi connectivity index (χ4v) is 3.68. The van der Waals surface area contributed by atoms with E-state index in [0.717, 1.165) is 16.7 Å². The van der Waals surface area contributed by atoms with E-state index in [9.17, 15) is 19.5 Å². The van der Waals surface area contributed by atoms with E-state index in [-0.39, 0.29) is 23.6 Å². The van der Waals surface area contributed by atoms with Gasteiger partial charge in [0.2, 0.25) is 11.8 Å². The van der Waals surface area contributed by atoms with Gasteiger partial charge in [-0.25, -0.2) is 9.48 Å². The van der Waals surface area contributed by atoms with Gasteiger partial charge in [-0.1, -0.05) is 29.8 Å². The number of aromatic carboxylic acids is 1. The molecule has 1 aromatic heterocycles. The summed E-state index contributed by atoms with van der Waals surface area (Å²) in [5.41, 5.74) is 3.61. The lowest BCUT2D eigenvalue weighted by molar-refractivity contribution is -0.125. The van der Waals surface area contributed by atoms with Crippen molar-refractivity contribution in [2.24, 2.45) is 0 Å². The Kier molecular flexibility index (Phi) is 5.40. The summed E-state index contributed by atoms with van der Waals surface area (Å²) >= 11 is 0. The van der Waals surface area contributed by atoms with Crippen LogP contribution in [-0.2, 0) is 9.59 Å². The third-order valence-electron chi connectivity index (χ3n) is 5.41. The van der Waals surface area contributed by atoms with E-state index in [1.54, 1.807) is 0 Å². The van der Waals surface area contributed by atoms with Crippen molar-refractivity contribution in [1.29, 1.82) is 0 Å². The second kappa shape index (κ2) is 8.18. The van der Waals surface area contributed by atoms with Crippen LogP contribution in [0.5, 0.6) is 5.75 Å². The van der Waals surface area contributed by atoms with Gasteiger partial charge in [-0.15, -0.1) is 0 Å². The Morgan fingerprint density at radius 2 is 1.91 bits per heavy atom. The molecule has 0 bridgehead atoms. The average molecular weight is 434 g/mol. The molecule has 9 nitrogen and oxygen atoms in total. The van der Waals surface area contributed by atoms with Gasteiger partial charge in [0, 0.05) is 11.1 Å². The number of hydrogen-bond acceptors (Lipinski definition) is 5. The molecule has 0 saturated carbocycles. The minimum Gasteiger partial charge on any atom is -0.495 e. The Balaban J connectivity index is 1.70. The summed E-state index contributed by atoms with van der Waals surface area (Å²) in [6, 6.07) is 11.1. The number of carboxylic acid groups (broad SMARTS) is 1. The fraction of sp³-hybridized carbons (Fsp3) is 0.217. The van der Waals surface area contributed by atoms with Crippen LogP contribution in [-0.4, -0.2) is 39.8 Å². The highest BCUT2D eigenvalue weighted by atomic mass is 16.5. The summed E-state index contributed by atoms with van der Waals surface area (Å²) in [4.78, 5) is 36.9. The van der Waals surface area contributed by atoms with Gasteiger partial charge in [-0.05, 0) is 32.0 Å². The van der Waals surface area contributed by atoms with E-state index in [1.165, 1.54) is 30.0 Å². The number of benzene rings is 2. The van der Waals surface area contributed by atoms with Crippen molar-refractivity contribution in [3.8, 4) is 17.0 Å². The standard InChI is InChI=1S/C23H22N4O5/c1-12-4-6-14(7-5-12)20-13(2)21-25-19(28)11-17(27(21)26-20)22(29)24-16-10-15(23(30)31)8-9-18(16)32-3/h4-10,17H,11H2,1-3H3,(H,24,29)(H,25,28)(H,30,31)/t17-/m1/s1. The molecule has 1 aliphatic heterocycles. The van der Waals surface area contributed by atoms with Gasteiger partial charge in [0.05, 0.1) is 30.5 Å². The zero-order chi connectivity index (χ0) is 23.0. The predicted octanol–water partition coefficient (Wildman–Crippen LogP) is 3.40. The molecule has 9 heteroatoms. The third-order valence-corrected chi connectivity index (χ3v) is 5.41. The smallest absolute Gasteiger partial charge is 0.335 e. The van der Waals surface area contributed by atoms with Crippen LogP contribution in [0.3, 0.4) is 0 Å². The number of carbonyl (C=O) groups is 3. The molecule has 0 unspecified atom stereocenters. The van der Waals surface area contributed by atoms with Crippen molar-refractivity contribution in [1.82, 2.24) is 9.78 Å². The number of fused-ring (bicyclic) bond motifs is 1. The van der Waals surface area contributed by atoms with Crippen LogP contribution in [0.4, 0.5) is 11.5 Å². The summed E-state index contributed by atoms with van der Waals surface area (Å²) in [7, 11) is 1.42. The highest BCUT2D eigenvalue weighted by Gasteiger charge is 2.34. The minimum absolute atomic E-state index is 0.000216. The Labute approximate surface area is 184 Å². The summed E-state index contributed by atoms with van der Waals surface area (Å²) in [6.45, 7) is 3.83. The lowest BCUT2D eigenvalue weighted by Crippen LogP contribution is -2.36. The van der Waals surface area contributed by atoms with Crippen LogP contribution in [0.1, 0.15) is 33.9 Å². The van der Waals surface area contributed by atoms with Gasteiger partial charge >= 0.3 is 5.97 Å². The van der Waals surface area contributed by atoms with Gasteiger partial charge in [-0.3, -0.25) is 9.59 Å². The lowest BCUT2D eigenvalue weighted by atomic mass is 10.1. The number of rotatable bonds is 5. The molecule has 1 aliphatic rings. The minimum atomic E-state index is -1.13. The number of anilines is 2. The monoisotopic (exact) mass is 434 g/mol. The molecule has 164 valence electrons. The largest absolute Gasteiger partial charge is 0.495 e. The molecular formula is C23H22N4O5. The maximum Gasteiger partial charge on any atom is 0.335 e. The maximum absolute atomic E-state index is 13.2. The summed E-state index contributed by atoms with van der Waals surface area (Å²) in [5, 5.41) is 19.4. The van der Waals surface area contributed by atoms with Crippen LogP contribution in [0, 0.1) is 13.8 Å². The first-order chi connectivity index (χ1) is 15.3. The van der Waals surface area contributed by atoms with Crippen molar-refractivity contribution in [3.63, 3.8) is 0 Å². The molecule has 0 saturated heterocycles. The molecule has 2 aromatic carbocycles. The van der Waals surface area contributed by atoms with Gasteiger partial charge in [-0.2, -0.15) is 5.10 Å². The van der Waals surface area contributed by atoms with E-state index < -0.39 is 17.9 Å². The van der Waals surface area contributed by atoms with Crippen LogP contribution in [0.2, 0.25) is 0 Å². The number of carbonyl (C=O) groups excluding carboxylic acids is 2. The van der Waals surface area contributed by atoms with E-state index in [0.29, 0.717) is 17.3 Å². The Bertz CT molecular complexity index is 1230. The highest BCUT2D eigenvalue weighted by molar-refractivity contribution is 6.03. The second-order valence-corrected chi connectivity index (χ2v) is 7.61. The van der Waals surface area contributed by atoms with Gasteiger partial charge in [0.1, 0.15) is 17.6 Å². The van der Waals surface area contributed by atoms with Gasteiger partial charge in [0.25, 0.3) is 0 Å². The molecule has 0 spiro atoms. The van der Waals surface area contributed by atoms with Crippen molar-refractivity contribution in [2.75, 3.05) is 17.7 Å². The van der Waals surface area contributed by atoms with Crippen LogP contribution in [0.25, 0.3) is 11.3 Å². The first-order valence-corrected chi connectivity index (χ1v) is 9.96. The number of aryl methyl sites for hydroxylation is 1. The van der Waals surface area contributed by atoms with Crippen molar-refractivity contribution >= 4 is 29.3 Å². The topological polar surface area (TPSA) is 123 Å². The molecule has 3 N–H and O–H groups in total. The number of amides is 2. The number of nitrogens with zero attached hydrogens (tertiary/aromatic N) is 2. The first-order valence-electron chi connectivity index (χ1n) is 9.96. The number of aromatic nitrogens is 2. The molecule has 2 amide bonds. The first kappa shape index (κ1) is 21.1. The molecule has 2 heterocycles. The van der Waals surface area contributed by atoms with E-state index >= 15 is 0 Å².